The number of nitrogens with zero attached hydrogens (tertiary/aromatic N) is 4. The molecule has 0 spiro atoms. The molecule has 0 bridgehead atoms. The maximum absolute atomic E-state index is 13.2. The fourth-order valence-corrected chi connectivity index (χ4v) is 4.17. The fraction of sp³-hybridized carbons (Fsp3) is 0.450. The van der Waals surface area contributed by atoms with Crippen LogP contribution in [0.3, 0.4) is 0 Å². The summed E-state index contributed by atoms with van der Waals surface area (Å²) in [5, 5.41) is 0. The maximum atomic E-state index is 13.2. The highest BCUT2D eigenvalue weighted by Gasteiger charge is 2.35. The number of allylic oxidation sites excluding steroid dienone is 1. The summed E-state index contributed by atoms with van der Waals surface area (Å²) in [6.45, 7) is 6.89. The molecule has 2 aliphatic rings. The number of halogens is 1. The minimum atomic E-state index is -4.10. The van der Waals surface area contributed by atoms with Gasteiger partial charge in [-0.2, -0.15) is 8.42 Å². The molecule has 1 aromatic rings. The maximum Gasteiger partial charge on any atom is 0.345 e. The van der Waals surface area contributed by atoms with Gasteiger partial charge in [0.2, 0.25) is 5.91 Å². The van der Waals surface area contributed by atoms with E-state index in [2.05, 4.69) is 4.40 Å². The Labute approximate surface area is 175 Å². The summed E-state index contributed by atoms with van der Waals surface area (Å²) in [6.07, 6.45) is 1.39. The van der Waals surface area contributed by atoms with Gasteiger partial charge in [0.15, 0.2) is 0 Å². The normalized spacial score (nSPS) is 19.3. The van der Waals surface area contributed by atoms with Gasteiger partial charge in [0.25, 0.3) is 5.91 Å². The number of hydrogen-bond acceptors (Lipinski definition) is 4. The third-order valence-corrected chi connectivity index (χ3v) is 6.34. The lowest BCUT2D eigenvalue weighted by atomic mass is 9.94. The van der Waals surface area contributed by atoms with Crippen molar-refractivity contribution in [3.8, 4) is 0 Å². The second-order valence-corrected chi connectivity index (χ2v) is 9.92. The second kappa shape index (κ2) is 7.82. The van der Waals surface area contributed by atoms with E-state index in [1.165, 1.54) is 42.3 Å². The molecule has 2 aliphatic heterocycles. The first-order valence-corrected chi connectivity index (χ1v) is 10.9. The predicted molar refractivity (Wildman–Crippen MR) is 110 cm³/mol. The molecule has 0 atom stereocenters. The van der Waals surface area contributed by atoms with Crippen molar-refractivity contribution in [3.05, 3.63) is 47.4 Å². The van der Waals surface area contributed by atoms with Crippen molar-refractivity contribution < 1.29 is 22.4 Å². The fourth-order valence-electron chi connectivity index (χ4n) is 3.26. The third kappa shape index (κ3) is 4.38. The minimum absolute atomic E-state index is 0.0110. The van der Waals surface area contributed by atoms with Crippen LogP contribution in [-0.4, -0.2) is 73.3 Å². The Kier molecular flexibility index (Phi) is 5.72. The Hall–Kier alpha value is -2.75. The summed E-state index contributed by atoms with van der Waals surface area (Å²) in [5.41, 5.74) is -0.0933. The van der Waals surface area contributed by atoms with Crippen LogP contribution in [-0.2, 0) is 19.8 Å². The van der Waals surface area contributed by atoms with E-state index >= 15 is 0 Å². The first kappa shape index (κ1) is 21.9. The van der Waals surface area contributed by atoms with Gasteiger partial charge in [0.05, 0.1) is 5.71 Å². The van der Waals surface area contributed by atoms with E-state index in [1.54, 1.807) is 4.90 Å². The molecule has 0 saturated carbocycles. The molecule has 8 nitrogen and oxygen atoms in total. The molecule has 0 aromatic heterocycles. The molecule has 1 aromatic carbocycles. The number of likely N-dealkylation sites (N-methyl/N-ethyl adjacent to an activating group) is 1. The molecule has 2 heterocycles. The Morgan fingerprint density at radius 2 is 1.53 bits per heavy atom. The molecule has 30 heavy (non-hydrogen) atoms. The van der Waals surface area contributed by atoms with E-state index in [1.807, 2.05) is 20.8 Å². The second-order valence-electron chi connectivity index (χ2n) is 8.29. The lowest BCUT2D eigenvalue weighted by Gasteiger charge is -2.38. The number of piperazine rings is 1. The van der Waals surface area contributed by atoms with Gasteiger partial charge in [0.1, 0.15) is 11.5 Å². The Balaban J connectivity index is 1.82. The van der Waals surface area contributed by atoms with Gasteiger partial charge in [0, 0.05) is 44.2 Å². The number of hydrogen-bond donors (Lipinski definition) is 0. The standard InChI is InChI=1S/C20H25FN4O4S/c1-20(2,3)19(27)25-11-9-24(10-12-25)18(26)17-13-16(22-30(28,29)23(17)4)14-5-7-15(21)8-6-14/h5-8,13H,9-12H2,1-4H3. The van der Waals surface area contributed by atoms with E-state index in [-0.39, 0.29) is 17.3 Å². The van der Waals surface area contributed by atoms with Crippen molar-refractivity contribution in [2.24, 2.45) is 9.81 Å². The summed E-state index contributed by atoms with van der Waals surface area (Å²) in [6, 6.07) is 5.21. The highest BCUT2D eigenvalue weighted by Crippen LogP contribution is 2.23. The van der Waals surface area contributed by atoms with Gasteiger partial charge in [-0.1, -0.05) is 20.8 Å². The van der Waals surface area contributed by atoms with E-state index in [0.29, 0.717) is 31.7 Å². The zero-order valence-electron chi connectivity index (χ0n) is 17.4. The zero-order valence-corrected chi connectivity index (χ0v) is 18.2. The smallest absolute Gasteiger partial charge is 0.339 e. The highest BCUT2D eigenvalue weighted by atomic mass is 32.2. The van der Waals surface area contributed by atoms with E-state index in [4.69, 9.17) is 0 Å². The van der Waals surface area contributed by atoms with Gasteiger partial charge in [-0.05, 0) is 30.3 Å². The summed E-state index contributed by atoms with van der Waals surface area (Å²) >= 11 is 0. The molecular weight excluding hydrogens is 411 g/mol. The summed E-state index contributed by atoms with van der Waals surface area (Å²) in [4.78, 5) is 28.8. The molecule has 3 rings (SSSR count). The van der Waals surface area contributed by atoms with Crippen molar-refractivity contribution in [3.63, 3.8) is 0 Å². The average Bonchev–Trinajstić information content (AvgIpc) is 2.69. The van der Waals surface area contributed by atoms with Crippen LogP contribution in [0.15, 0.2) is 40.4 Å². The molecule has 0 N–H and O–H groups in total. The van der Waals surface area contributed by atoms with Crippen molar-refractivity contribution in [1.82, 2.24) is 14.1 Å². The molecule has 1 saturated heterocycles. The lowest BCUT2D eigenvalue weighted by Crippen LogP contribution is -2.54. The molecule has 0 aliphatic carbocycles. The molecule has 162 valence electrons. The number of benzene rings is 1. The van der Waals surface area contributed by atoms with Crippen LogP contribution in [0.2, 0.25) is 0 Å². The van der Waals surface area contributed by atoms with E-state index in [0.717, 1.165) is 4.31 Å². The third-order valence-electron chi connectivity index (χ3n) is 5.03. The Morgan fingerprint density at radius 3 is 2.07 bits per heavy atom. The molecule has 10 heteroatoms. The van der Waals surface area contributed by atoms with Gasteiger partial charge in [-0.25, -0.2) is 8.70 Å². The molecule has 1 fully saturated rings. The topological polar surface area (TPSA) is 90.4 Å². The Bertz CT molecular complexity index is 1020. The Morgan fingerprint density at radius 1 is 1.00 bits per heavy atom. The minimum Gasteiger partial charge on any atom is -0.339 e. The van der Waals surface area contributed by atoms with E-state index in [9.17, 15) is 22.4 Å². The van der Waals surface area contributed by atoms with E-state index < -0.39 is 27.3 Å². The molecule has 0 unspecified atom stereocenters. The van der Waals surface area contributed by atoms with Crippen LogP contribution in [0.1, 0.15) is 26.3 Å². The number of carbonyl (C=O) groups excluding carboxylic acids is 2. The van der Waals surface area contributed by atoms with Crippen molar-refractivity contribution >= 4 is 27.7 Å². The summed E-state index contributed by atoms with van der Waals surface area (Å²) in [5.74, 6) is -0.909. The summed E-state index contributed by atoms with van der Waals surface area (Å²) in [7, 11) is -2.83. The van der Waals surface area contributed by atoms with Crippen LogP contribution in [0.4, 0.5) is 4.39 Å². The van der Waals surface area contributed by atoms with Crippen molar-refractivity contribution in [1.29, 1.82) is 0 Å². The quantitative estimate of drug-likeness (QED) is 0.701. The van der Waals surface area contributed by atoms with Crippen LogP contribution in [0.5, 0.6) is 0 Å². The first-order chi connectivity index (χ1) is 13.9. The number of carbonyl (C=O) groups is 2. The lowest BCUT2D eigenvalue weighted by molar-refractivity contribution is -0.144. The molecule has 0 radical (unpaired) electrons. The van der Waals surface area contributed by atoms with Crippen LogP contribution in [0.25, 0.3) is 0 Å². The average molecular weight is 437 g/mol. The monoisotopic (exact) mass is 436 g/mol. The van der Waals surface area contributed by atoms with Crippen LogP contribution in [0, 0.1) is 11.2 Å². The highest BCUT2D eigenvalue weighted by molar-refractivity contribution is 7.88. The number of rotatable bonds is 2. The first-order valence-electron chi connectivity index (χ1n) is 9.55. The predicted octanol–water partition coefficient (Wildman–Crippen LogP) is 1.41. The van der Waals surface area contributed by atoms with Gasteiger partial charge in [-0.3, -0.25) is 9.59 Å². The number of amides is 2. The van der Waals surface area contributed by atoms with Gasteiger partial charge in [-0.15, -0.1) is 4.40 Å². The molecule has 2 amide bonds. The van der Waals surface area contributed by atoms with Gasteiger partial charge >= 0.3 is 10.2 Å². The van der Waals surface area contributed by atoms with Gasteiger partial charge < -0.3 is 9.80 Å². The van der Waals surface area contributed by atoms with Crippen molar-refractivity contribution in [2.75, 3.05) is 33.2 Å². The zero-order chi connectivity index (χ0) is 22.3. The SMILES string of the molecule is CN1C(C(=O)N2CCN(C(=O)C(C)(C)C)CC2)=CC(c2ccc(F)cc2)=NS1(=O)=O. The van der Waals surface area contributed by atoms with Crippen molar-refractivity contribution in [2.45, 2.75) is 20.8 Å². The molecular formula is C20H25FN4O4S. The van der Waals surface area contributed by atoms with Crippen LogP contribution >= 0.6 is 0 Å². The largest absolute Gasteiger partial charge is 0.345 e. The van der Waals surface area contributed by atoms with Crippen LogP contribution < -0.4 is 0 Å². The summed E-state index contributed by atoms with van der Waals surface area (Å²) < 4.78 is 42.7.